The van der Waals surface area contributed by atoms with E-state index in [0.717, 1.165) is 4.88 Å². The Balaban J connectivity index is 2.35. The van der Waals surface area contributed by atoms with E-state index in [2.05, 4.69) is 5.10 Å². The van der Waals surface area contributed by atoms with Crippen LogP contribution in [0.15, 0.2) is 29.6 Å². The molecule has 0 atom stereocenters. The molecule has 108 valence electrons. The lowest BCUT2D eigenvalue weighted by Crippen LogP contribution is -1.98. The Labute approximate surface area is 124 Å². The minimum Gasteiger partial charge on any atom is -0.383 e. The van der Waals surface area contributed by atoms with Gasteiger partial charge in [-0.2, -0.15) is 5.10 Å². The van der Waals surface area contributed by atoms with Crippen molar-refractivity contribution in [1.29, 1.82) is 0 Å². The third kappa shape index (κ3) is 2.12. The van der Waals surface area contributed by atoms with E-state index in [9.17, 15) is 8.78 Å². The van der Waals surface area contributed by atoms with Gasteiger partial charge in [-0.15, -0.1) is 11.3 Å². The molecular weight excluding hydrogens is 292 g/mol. The molecule has 3 aromatic rings. The van der Waals surface area contributed by atoms with E-state index >= 15 is 0 Å². The van der Waals surface area contributed by atoms with Crippen LogP contribution in [-0.2, 0) is 7.05 Å². The van der Waals surface area contributed by atoms with Crippen LogP contribution < -0.4 is 5.73 Å². The lowest BCUT2D eigenvalue weighted by atomic mass is 10.0. The lowest BCUT2D eigenvalue weighted by molar-refractivity contribution is 0.582. The predicted molar refractivity (Wildman–Crippen MR) is 81.0 cm³/mol. The van der Waals surface area contributed by atoms with E-state index in [4.69, 9.17) is 5.73 Å². The van der Waals surface area contributed by atoms with Gasteiger partial charge in [-0.3, -0.25) is 4.68 Å². The Bertz CT molecular complexity index is 807. The molecular formula is C15H13F2N3S. The second kappa shape index (κ2) is 4.96. The summed E-state index contributed by atoms with van der Waals surface area (Å²) < 4.78 is 30.0. The van der Waals surface area contributed by atoms with Crippen molar-refractivity contribution in [1.82, 2.24) is 9.78 Å². The van der Waals surface area contributed by atoms with Crippen LogP contribution in [0.4, 0.5) is 14.6 Å². The fourth-order valence-corrected chi connectivity index (χ4v) is 3.03. The summed E-state index contributed by atoms with van der Waals surface area (Å²) in [7, 11) is 1.65. The van der Waals surface area contributed by atoms with Gasteiger partial charge in [-0.05, 0) is 30.0 Å². The number of thiophene rings is 1. The van der Waals surface area contributed by atoms with Crippen molar-refractivity contribution in [3.8, 4) is 21.7 Å². The smallest absolute Gasteiger partial charge is 0.138 e. The van der Waals surface area contributed by atoms with E-state index in [1.165, 1.54) is 28.2 Å². The number of halogens is 2. The highest BCUT2D eigenvalue weighted by Gasteiger charge is 2.24. The Kier molecular flexibility index (Phi) is 3.25. The second-order valence-electron chi connectivity index (χ2n) is 4.76. The number of nitrogens with two attached hydrogens (primary N) is 1. The summed E-state index contributed by atoms with van der Waals surface area (Å²) in [6.45, 7) is 1.59. The maximum Gasteiger partial charge on any atom is 0.138 e. The fourth-order valence-electron chi connectivity index (χ4n) is 2.25. The van der Waals surface area contributed by atoms with Crippen LogP contribution >= 0.6 is 11.3 Å². The van der Waals surface area contributed by atoms with Crippen LogP contribution in [0.2, 0.25) is 0 Å². The maximum absolute atomic E-state index is 14.4. The average Bonchev–Trinajstić information content (AvgIpc) is 3.05. The summed E-state index contributed by atoms with van der Waals surface area (Å²) in [5.41, 5.74) is 7.07. The van der Waals surface area contributed by atoms with Crippen LogP contribution in [0.5, 0.6) is 0 Å². The molecule has 2 aromatic heterocycles. The van der Waals surface area contributed by atoms with Gasteiger partial charge in [-0.25, -0.2) is 8.78 Å². The number of aryl methyl sites for hydroxylation is 2. The first kappa shape index (κ1) is 13.8. The standard InChI is InChI=1S/C15H13F2N3S/c1-8-5-6-9(16)11(13(8)17)14-12(10-4-3-7-21-10)15(18)20(2)19-14/h3-7H,18H2,1-2H3. The van der Waals surface area contributed by atoms with E-state index in [1.54, 1.807) is 14.0 Å². The van der Waals surface area contributed by atoms with Crippen LogP contribution in [-0.4, -0.2) is 9.78 Å². The molecule has 3 nitrogen and oxygen atoms in total. The fraction of sp³-hybridized carbons (Fsp3) is 0.133. The van der Waals surface area contributed by atoms with Gasteiger partial charge in [0.1, 0.15) is 23.1 Å². The monoisotopic (exact) mass is 305 g/mol. The van der Waals surface area contributed by atoms with Crippen LogP contribution in [0.1, 0.15) is 5.56 Å². The number of aromatic nitrogens is 2. The number of hydrogen-bond acceptors (Lipinski definition) is 3. The zero-order valence-corrected chi connectivity index (χ0v) is 12.3. The zero-order valence-electron chi connectivity index (χ0n) is 11.5. The molecule has 0 saturated carbocycles. The van der Waals surface area contributed by atoms with Gasteiger partial charge in [0.2, 0.25) is 0 Å². The minimum atomic E-state index is -0.644. The van der Waals surface area contributed by atoms with E-state index in [0.29, 0.717) is 16.9 Å². The quantitative estimate of drug-likeness (QED) is 0.778. The molecule has 2 N–H and O–H groups in total. The number of nitrogen functional groups attached to an aromatic ring is 1. The molecule has 3 rings (SSSR count). The number of rotatable bonds is 2. The predicted octanol–water partition coefficient (Wildman–Crippen LogP) is 3.98. The van der Waals surface area contributed by atoms with E-state index in [1.807, 2.05) is 17.5 Å². The Hall–Kier alpha value is -2.21. The van der Waals surface area contributed by atoms with Crippen LogP contribution in [0, 0.1) is 18.6 Å². The van der Waals surface area contributed by atoms with E-state index in [-0.39, 0.29) is 11.3 Å². The van der Waals surface area contributed by atoms with Gasteiger partial charge in [0.25, 0.3) is 0 Å². The first-order valence-electron chi connectivity index (χ1n) is 6.32. The number of nitrogens with zero attached hydrogens (tertiary/aromatic N) is 2. The van der Waals surface area contributed by atoms with E-state index < -0.39 is 11.6 Å². The molecule has 0 spiro atoms. The molecule has 2 heterocycles. The molecule has 0 aliphatic carbocycles. The highest BCUT2D eigenvalue weighted by atomic mass is 32.1. The summed E-state index contributed by atoms with van der Waals surface area (Å²) in [6.07, 6.45) is 0. The molecule has 0 radical (unpaired) electrons. The highest BCUT2D eigenvalue weighted by molar-refractivity contribution is 7.13. The van der Waals surface area contributed by atoms with Crippen molar-refractivity contribution in [3.63, 3.8) is 0 Å². The minimum absolute atomic E-state index is 0.134. The van der Waals surface area contributed by atoms with Crippen molar-refractivity contribution in [2.24, 2.45) is 7.05 Å². The van der Waals surface area contributed by atoms with Gasteiger partial charge in [0.05, 0.1) is 11.1 Å². The highest BCUT2D eigenvalue weighted by Crippen LogP contribution is 2.40. The summed E-state index contributed by atoms with van der Waals surface area (Å²) in [5.74, 6) is -0.868. The number of hydrogen-bond donors (Lipinski definition) is 1. The second-order valence-corrected chi connectivity index (χ2v) is 5.71. The molecule has 0 fully saturated rings. The van der Waals surface area contributed by atoms with Crippen molar-refractivity contribution in [2.75, 3.05) is 5.73 Å². The van der Waals surface area contributed by atoms with Crippen LogP contribution in [0.25, 0.3) is 21.7 Å². The van der Waals surface area contributed by atoms with Gasteiger partial charge >= 0.3 is 0 Å². The molecule has 21 heavy (non-hydrogen) atoms. The molecule has 0 aliphatic rings. The average molecular weight is 305 g/mol. The molecule has 0 unspecified atom stereocenters. The summed E-state index contributed by atoms with van der Waals surface area (Å²) in [4.78, 5) is 0.830. The summed E-state index contributed by atoms with van der Waals surface area (Å²) in [5, 5.41) is 6.10. The largest absolute Gasteiger partial charge is 0.383 e. The maximum atomic E-state index is 14.4. The van der Waals surface area contributed by atoms with Crippen LogP contribution in [0.3, 0.4) is 0 Å². The molecule has 0 aliphatic heterocycles. The van der Waals surface area contributed by atoms with Crippen molar-refractivity contribution in [3.05, 3.63) is 46.8 Å². The number of anilines is 1. The Morgan fingerprint density at radius 3 is 2.62 bits per heavy atom. The molecule has 0 bridgehead atoms. The van der Waals surface area contributed by atoms with Gasteiger partial charge in [0.15, 0.2) is 0 Å². The topological polar surface area (TPSA) is 43.8 Å². The van der Waals surface area contributed by atoms with Crippen molar-refractivity contribution in [2.45, 2.75) is 6.92 Å². The van der Waals surface area contributed by atoms with Gasteiger partial charge in [-0.1, -0.05) is 12.1 Å². The Morgan fingerprint density at radius 1 is 1.19 bits per heavy atom. The molecule has 1 aromatic carbocycles. The molecule has 0 saturated heterocycles. The first-order valence-corrected chi connectivity index (χ1v) is 7.20. The number of benzene rings is 1. The normalized spacial score (nSPS) is 11.0. The SMILES string of the molecule is Cc1ccc(F)c(-c2nn(C)c(N)c2-c2cccs2)c1F. The van der Waals surface area contributed by atoms with Gasteiger partial charge in [0, 0.05) is 11.9 Å². The zero-order chi connectivity index (χ0) is 15.1. The lowest BCUT2D eigenvalue weighted by Gasteiger charge is -2.07. The third-order valence-electron chi connectivity index (χ3n) is 3.38. The third-order valence-corrected chi connectivity index (χ3v) is 4.27. The molecule has 0 amide bonds. The Morgan fingerprint density at radius 2 is 1.95 bits per heavy atom. The summed E-state index contributed by atoms with van der Waals surface area (Å²) in [6, 6.07) is 6.37. The van der Waals surface area contributed by atoms with Crippen molar-refractivity contribution < 1.29 is 8.78 Å². The van der Waals surface area contributed by atoms with Gasteiger partial charge < -0.3 is 5.73 Å². The van der Waals surface area contributed by atoms with Crippen molar-refractivity contribution >= 4 is 17.2 Å². The summed E-state index contributed by atoms with van der Waals surface area (Å²) >= 11 is 1.45. The first-order chi connectivity index (χ1) is 10.0. The molecule has 6 heteroatoms.